The number of fused-ring (bicyclic) bond motifs is 4. The van der Waals surface area contributed by atoms with Crippen LogP contribution in [0.3, 0.4) is 0 Å². The molecule has 186 valence electrons. The Morgan fingerprint density at radius 2 is 0.895 bits per heavy atom. The van der Waals surface area contributed by atoms with Crippen molar-refractivity contribution in [3.05, 3.63) is 83.9 Å². The van der Waals surface area contributed by atoms with Gasteiger partial charge in [0.2, 0.25) is 0 Å². The molecule has 0 atom stereocenters. The summed E-state index contributed by atoms with van der Waals surface area (Å²) >= 11 is 0. The van der Waals surface area contributed by atoms with Crippen molar-refractivity contribution >= 4 is 62.1 Å². The Morgan fingerprint density at radius 3 is 1.29 bits per heavy atom. The third-order valence-corrected chi connectivity index (χ3v) is 10.7. The first-order valence-corrected chi connectivity index (χ1v) is 16.2. The highest BCUT2D eigenvalue weighted by molar-refractivity contribution is 6.48. The summed E-state index contributed by atoms with van der Waals surface area (Å²) in [5.41, 5.74) is 10.9. The van der Waals surface area contributed by atoms with Crippen LogP contribution in [0.25, 0.3) is 43.1 Å². The van der Waals surface area contributed by atoms with Gasteiger partial charge in [0.25, 0.3) is 0 Å². The van der Waals surface area contributed by atoms with Gasteiger partial charge in [-0.05, 0) is 78.4 Å². The lowest BCUT2D eigenvalue weighted by atomic mass is 9.90. The van der Waals surface area contributed by atoms with E-state index in [-0.39, 0.29) is 0 Å². The number of benzene rings is 5. The van der Waals surface area contributed by atoms with Crippen LogP contribution in [0.4, 0.5) is 0 Å². The second kappa shape index (κ2) is 12.0. The maximum absolute atomic E-state index is 3.67. The molecule has 0 aliphatic rings. The predicted octanol–water partition coefficient (Wildman–Crippen LogP) is 9.54. The molecule has 5 aromatic carbocycles. The second-order valence-electron chi connectivity index (χ2n) is 10.1. The Morgan fingerprint density at radius 1 is 0.500 bits per heavy atom. The first-order chi connectivity index (χ1) is 18.7. The lowest BCUT2D eigenvalue weighted by Crippen LogP contribution is -1.99. The fourth-order valence-corrected chi connectivity index (χ4v) is 6.89. The molecule has 38 heavy (non-hydrogen) atoms. The topological polar surface area (TPSA) is 0 Å². The molecule has 0 nitrogen and oxygen atoms in total. The summed E-state index contributed by atoms with van der Waals surface area (Å²) in [5.74, 6) is 7.33. The van der Waals surface area contributed by atoms with Crippen LogP contribution in [0.1, 0.15) is 64.5 Å². The van der Waals surface area contributed by atoms with Gasteiger partial charge in [-0.15, -0.1) is 11.1 Å². The summed E-state index contributed by atoms with van der Waals surface area (Å²) in [5, 5.41) is 9.95. The summed E-state index contributed by atoms with van der Waals surface area (Å²) in [4.78, 5) is 0. The quantitative estimate of drug-likeness (QED) is 0.118. The van der Waals surface area contributed by atoms with Crippen LogP contribution < -0.4 is 0 Å². The molecule has 0 saturated heterocycles. The van der Waals surface area contributed by atoms with E-state index in [0.717, 1.165) is 11.1 Å². The molecule has 5 aromatic rings. The molecule has 0 aliphatic heterocycles. The molecule has 0 aliphatic carbocycles. The van der Waals surface area contributed by atoms with Crippen molar-refractivity contribution in [3.8, 4) is 22.9 Å². The van der Waals surface area contributed by atoms with Crippen molar-refractivity contribution in [1.82, 2.24) is 0 Å². The van der Waals surface area contributed by atoms with E-state index in [1.165, 1.54) is 68.8 Å². The van der Waals surface area contributed by atoms with Crippen LogP contribution in [0, 0.1) is 22.9 Å². The van der Waals surface area contributed by atoms with Crippen LogP contribution in [0.15, 0.2) is 72.8 Å². The highest BCUT2D eigenvalue weighted by Gasteiger charge is 2.14. The van der Waals surface area contributed by atoms with Crippen molar-refractivity contribution in [2.75, 3.05) is 0 Å². The van der Waals surface area contributed by atoms with E-state index in [9.17, 15) is 0 Å². The normalized spacial score (nSPS) is 11.3. The van der Waals surface area contributed by atoms with Crippen molar-refractivity contribution in [3.63, 3.8) is 0 Å². The Bertz CT molecular complexity index is 1600. The zero-order valence-corrected chi connectivity index (χ0v) is 24.9. The minimum absolute atomic E-state index is 0.666. The standard InChI is InChI=1S/C36H34Si2/c1-5-29(6-2)37-19-17-33-31-15-11-12-16-32(31)34(18-20-38-30(7-3)8-4)36-24-28-22-26-14-10-9-13-25(26)21-27(28)23-35(33)36/h9-16,21-24,29-30H,5-8H2,1-4H3. The van der Waals surface area contributed by atoms with Crippen LogP contribution in [-0.4, -0.2) is 19.0 Å². The minimum atomic E-state index is 0.666. The number of rotatable bonds is 6. The molecule has 0 saturated carbocycles. The van der Waals surface area contributed by atoms with Gasteiger partial charge in [-0.1, -0.05) is 114 Å². The van der Waals surface area contributed by atoms with Gasteiger partial charge in [-0.3, -0.25) is 0 Å². The highest BCUT2D eigenvalue weighted by Crippen LogP contribution is 2.36. The van der Waals surface area contributed by atoms with Crippen LogP contribution in [0.5, 0.6) is 0 Å². The summed E-state index contributed by atoms with van der Waals surface area (Å²) in [6, 6.07) is 26.8. The monoisotopic (exact) mass is 522 g/mol. The smallest absolute Gasteiger partial charge is 0.130 e. The minimum Gasteiger partial charge on any atom is -0.130 e. The molecule has 0 N–H and O–H groups in total. The average Bonchev–Trinajstić information content (AvgIpc) is 2.96. The molecule has 2 heteroatoms. The van der Waals surface area contributed by atoms with Crippen molar-refractivity contribution in [1.29, 1.82) is 0 Å². The van der Waals surface area contributed by atoms with E-state index in [0.29, 0.717) is 30.1 Å². The summed E-state index contributed by atoms with van der Waals surface area (Å²) in [7, 11) is 1.33. The molecule has 4 radical (unpaired) electrons. The van der Waals surface area contributed by atoms with Gasteiger partial charge in [0, 0.05) is 11.1 Å². The van der Waals surface area contributed by atoms with Crippen LogP contribution in [-0.2, 0) is 0 Å². The fraction of sp³-hybridized carbons (Fsp3) is 0.278. The second-order valence-corrected chi connectivity index (χ2v) is 12.8. The van der Waals surface area contributed by atoms with E-state index in [2.05, 4.69) is 123 Å². The molecule has 0 heterocycles. The van der Waals surface area contributed by atoms with Gasteiger partial charge in [-0.2, -0.15) is 0 Å². The van der Waals surface area contributed by atoms with E-state index >= 15 is 0 Å². The molecule has 0 fully saturated rings. The first-order valence-electron chi connectivity index (χ1n) is 14.0. The molecule has 0 unspecified atom stereocenters. The van der Waals surface area contributed by atoms with E-state index < -0.39 is 0 Å². The Labute approximate surface area is 232 Å². The zero-order valence-electron chi connectivity index (χ0n) is 22.9. The third kappa shape index (κ3) is 5.30. The lowest BCUT2D eigenvalue weighted by molar-refractivity contribution is 0.764. The Kier molecular flexibility index (Phi) is 8.33. The summed E-state index contributed by atoms with van der Waals surface area (Å²) in [6.45, 7) is 9.11. The van der Waals surface area contributed by atoms with Crippen LogP contribution >= 0.6 is 0 Å². The maximum atomic E-state index is 3.67. The summed E-state index contributed by atoms with van der Waals surface area (Å²) in [6.07, 6.45) is 4.76. The van der Waals surface area contributed by atoms with Gasteiger partial charge in [0.15, 0.2) is 19.0 Å². The van der Waals surface area contributed by atoms with Gasteiger partial charge < -0.3 is 0 Å². The van der Waals surface area contributed by atoms with E-state index in [1.807, 2.05) is 0 Å². The van der Waals surface area contributed by atoms with Gasteiger partial charge in [0.1, 0.15) is 0 Å². The van der Waals surface area contributed by atoms with Crippen molar-refractivity contribution < 1.29 is 0 Å². The molecular formula is C36H34Si2. The largest absolute Gasteiger partial charge is 0.151 e. The van der Waals surface area contributed by atoms with Crippen LogP contribution in [0.2, 0.25) is 11.1 Å². The summed E-state index contributed by atoms with van der Waals surface area (Å²) < 4.78 is 0. The van der Waals surface area contributed by atoms with Gasteiger partial charge in [-0.25, -0.2) is 0 Å². The van der Waals surface area contributed by atoms with Crippen molar-refractivity contribution in [2.45, 2.75) is 64.5 Å². The fourth-order valence-electron chi connectivity index (χ4n) is 5.27. The van der Waals surface area contributed by atoms with Crippen molar-refractivity contribution in [2.24, 2.45) is 0 Å². The molecule has 0 bridgehead atoms. The number of hydrogen-bond acceptors (Lipinski definition) is 0. The van der Waals surface area contributed by atoms with Gasteiger partial charge in [0.05, 0.1) is 0 Å². The highest BCUT2D eigenvalue weighted by atomic mass is 28.2. The molecule has 0 aromatic heterocycles. The molecule has 5 rings (SSSR count). The number of hydrogen-bond donors (Lipinski definition) is 0. The SMILES string of the molecule is CCC(CC)[Si]C#Cc1c2ccccc2c(C#C[Si]C(CC)CC)c2cc3cc4ccccc4cc3cc12. The Balaban J connectivity index is 1.81. The van der Waals surface area contributed by atoms with E-state index in [4.69, 9.17) is 0 Å². The first kappa shape index (κ1) is 26.3. The lowest BCUT2D eigenvalue weighted by Gasteiger charge is -2.13. The average molecular weight is 523 g/mol. The van der Waals surface area contributed by atoms with Gasteiger partial charge >= 0.3 is 0 Å². The molecular weight excluding hydrogens is 489 g/mol. The molecule has 0 spiro atoms. The maximum Gasteiger partial charge on any atom is 0.151 e. The Hall–Kier alpha value is -3.31. The predicted molar refractivity (Wildman–Crippen MR) is 170 cm³/mol. The molecule has 0 amide bonds. The zero-order chi connectivity index (χ0) is 26.5. The third-order valence-electron chi connectivity index (χ3n) is 7.74. The van der Waals surface area contributed by atoms with E-state index in [1.54, 1.807) is 0 Å².